The molecule has 3 nitrogen and oxygen atoms in total. The van der Waals surface area contributed by atoms with Crippen molar-refractivity contribution in [3.8, 4) is 0 Å². The van der Waals surface area contributed by atoms with Crippen molar-refractivity contribution in [2.45, 2.75) is 12.3 Å². The molecule has 0 amide bonds. The number of aromatic nitrogens is 1. The lowest BCUT2D eigenvalue weighted by Crippen LogP contribution is -2.35. The van der Waals surface area contributed by atoms with Crippen LogP contribution < -0.4 is 5.73 Å². The minimum atomic E-state index is -0.343. The van der Waals surface area contributed by atoms with Crippen molar-refractivity contribution in [3.05, 3.63) is 36.0 Å². The van der Waals surface area contributed by atoms with Crippen LogP contribution in [0.25, 0.3) is 10.9 Å². The number of nitrogens with zero attached hydrogens (tertiary/aromatic N) is 1. The van der Waals surface area contributed by atoms with Gasteiger partial charge in [-0.05, 0) is 29.1 Å². The van der Waals surface area contributed by atoms with Crippen LogP contribution in [0.1, 0.15) is 12.5 Å². The predicted octanol–water partition coefficient (Wildman–Crippen LogP) is 1.39. The highest BCUT2D eigenvalue weighted by Gasteiger charge is 2.24. The molecular formula is C13H18N2O. The maximum Gasteiger partial charge on any atom is 0.0537 e. The molecule has 1 atom stereocenters. The zero-order valence-corrected chi connectivity index (χ0v) is 9.77. The van der Waals surface area contributed by atoms with E-state index in [2.05, 4.69) is 22.8 Å². The average molecular weight is 218 g/mol. The maximum absolute atomic E-state index is 9.43. The molecule has 1 aromatic carbocycles. The van der Waals surface area contributed by atoms with Gasteiger partial charge in [0.15, 0.2) is 0 Å². The van der Waals surface area contributed by atoms with Crippen molar-refractivity contribution in [3.63, 3.8) is 0 Å². The van der Waals surface area contributed by atoms with E-state index >= 15 is 0 Å². The molecule has 2 rings (SSSR count). The Balaban J connectivity index is 2.54. The van der Waals surface area contributed by atoms with E-state index in [1.807, 2.05) is 26.2 Å². The van der Waals surface area contributed by atoms with Crippen LogP contribution in [0.4, 0.5) is 0 Å². The topological polar surface area (TPSA) is 51.2 Å². The first-order chi connectivity index (χ1) is 7.60. The Morgan fingerprint density at radius 3 is 2.75 bits per heavy atom. The summed E-state index contributed by atoms with van der Waals surface area (Å²) in [4.78, 5) is 0. The molecule has 0 aliphatic carbocycles. The van der Waals surface area contributed by atoms with Crippen LogP contribution in [-0.4, -0.2) is 22.8 Å². The summed E-state index contributed by atoms with van der Waals surface area (Å²) in [7, 11) is 2.02. The molecule has 0 aliphatic rings. The molecule has 1 unspecified atom stereocenters. The van der Waals surface area contributed by atoms with E-state index in [-0.39, 0.29) is 12.0 Å². The monoisotopic (exact) mass is 218 g/mol. The zero-order valence-electron chi connectivity index (χ0n) is 9.77. The Bertz CT molecular complexity index is 498. The minimum absolute atomic E-state index is 0.0713. The van der Waals surface area contributed by atoms with Crippen LogP contribution in [0.3, 0.4) is 0 Å². The van der Waals surface area contributed by atoms with Crippen LogP contribution in [0.2, 0.25) is 0 Å². The number of fused-ring (bicyclic) bond motifs is 1. The van der Waals surface area contributed by atoms with Crippen molar-refractivity contribution in [2.24, 2.45) is 12.8 Å². The van der Waals surface area contributed by atoms with Gasteiger partial charge in [-0.2, -0.15) is 0 Å². The largest absolute Gasteiger partial charge is 0.395 e. The molecule has 2 aromatic rings. The van der Waals surface area contributed by atoms with Crippen LogP contribution in [-0.2, 0) is 12.5 Å². The van der Waals surface area contributed by atoms with E-state index in [1.54, 1.807) is 0 Å². The van der Waals surface area contributed by atoms with Crippen molar-refractivity contribution < 1.29 is 5.11 Å². The molecule has 3 N–H and O–H groups in total. The second kappa shape index (κ2) is 3.92. The summed E-state index contributed by atoms with van der Waals surface area (Å²) in [5.74, 6) is 0. The van der Waals surface area contributed by atoms with Crippen molar-refractivity contribution >= 4 is 10.9 Å². The van der Waals surface area contributed by atoms with Gasteiger partial charge in [-0.15, -0.1) is 0 Å². The van der Waals surface area contributed by atoms with Crippen LogP contribution >= 0.6 is 0 Å². The van der Waals surface area contributed by atoms with Gasteiger partial charge in [0.25, 0.3) is 0 Å². The van der Waals surface area contributed by atoms with Crippen LogP contribution in [0.5, 0.6) is 0 Å². The zero-order chi connectivity index (χ0) is 11.8. The molecule has 86 valence electrons. The van der Waals surface area contributed by atoms with E-state index < -0.39 is 0 Å². The van der Waals surface area contributed by atoms with Crippen LogP contribution in [0, 0.1) is 0 Å². The number of rotatable bonds is 3. The fourth-order valence-corrected chi connectivity index (χ4v) is 1.93. The molecule has 0 saturated heterocycles. The van der Waals surface area contributed by atoms with Gasteiger partial charge in [0, 0.05) is 30.7 Å². The molecule has 3 heteroatoms. The van der Waals surface area contributed by atoms with Gasteiger partial charge in [0.05, 0.1) is 6.61 Å². The quantitative estimate of drug-likeness (QED) is 0.818. The molecule has 0 radical (unpaired) electrons. The fourth-order valence-electron chi connectivity index (χ4n) is 1.93. The molecule has 0 fully saturated rings. The third-order valence-electron chi connectivity index (χ3n) is 3.38. The predicted molar refractivity (Wildman–Crippen MR) is 66.4 cm³/mol. The summed E-state index contributed by atoms with van der Waals surface area (Å²) in [5, 5.41) is 10.6. The summed E-state index contributed by atoms with van der Waals surface area (Å²) >= 11 is 0. The van der Waals surface area contributed by atoms with Gasteiger partial charge in [-0.3, -0.25) is 0 Å². The average Bonchev–Trinajstić information content (AvgIpc) is 2.69. The minimum Gasteiger partial charge on any atom is -0.395 e. The fraction of sp³-hybridized carbons (Fsp3) is 0.385. The summed E-state index contributed by atoms with van der Waals surface area (Å²) in [6.07, 6.45) is 2.03. The Morgan fingerprint density at radius 1 is 1.38 bits per heavy atom. The second-order valence-corrected chi connectivity index (χ2v) is 4.62. The van der Waals surface area contributed by atoms with E-state index in [9.17, 15) is 5.11 Å². The molecule has 1 heterocycles. The standard InChI is InChI=1S/C13H18N2O/c1-13(8-14,9-16)11-3-4-12-10(7-11)5-6-15(12)2/h3-7,16H,8-9,14H2,1-2H3. The molecule has 0 aliphatic heterocycles. The highest BCUT2D eigenvalue weighted by atomic mass is 16.3. The number of benzene rings is 1. The van der Waals surface area contributed by atoms with Gasteiger partial charge in [0.1, 0.15) is 0 Å². The number of aliphatic hydroxyl groups excluding tert-OH is 1. The molecule has 1 aromatic heterocycles. The normalized spacial score (nSPS) is 15.2. The third kappa shape index (κ3) is 1.62. The first kappa shape index (κ1) is 11.2. The highest BCUT2D eigenvalue weighted by molar-refractivity contribution is 5.81. The Kier molecular flexibility index (Phi) is 2.74. The first-order valence-corrected chi connectivity index (χ1v) is 5.47. The van der Waals surface area contributed by atoms with Crippen molar-refractivity contribution in [2.75, 3.05) is 13.2 Å². The smallest absolute Gasteiger partial charge is 0.0537 e. The lowest BCUT2D eigenvalue weighted by Gasteiger charge is -2.26. The van der Waals surface area contributed by atoms with Crippen LogP contribution in [0.15, 0.2) is 30.5 Å². The maximum atomic E-state index is 9.43. The molecule has 0 spiro atoms. The number of aliphatic hydroxyl groups is 1. The SMILES string of the molecule is Cn1ccc2cc(C(C)(CN)CO)ccc21. The first-order valence-electron chi connectivity index (χ1n) is 5.47. The summed E-state index contributed by atoms with van der Waals surface area (Å²) in [6.45, 7) is 2.50. The number of hydrogen-bond donors (Lipinski definition) is 2. The van der Waals surface area contributed by atoms with Gasteiger partial charge in [0.2, 0.25) is 0 Å². The Morgan fingerprint density at radius 2 is 2.12 bits per heavy atom. The van der Waals surface area contributed by atoms with E-state index in [4.69, 9.17) is 5.73 Å². The van der Waals surface area contributed by atoms with Gasteiger partial charge < -0.3 is 15.4 Å². The number of hydrogen-bond acceptors (Lipinski definition) is 2. The van der Waals surface area contributed by atoms with E-state index in [1.165, 1.54) is 10.9 Å². The van der Waals surface area contributed by atoms with E-state index in [0.717, 1.165) is 5.56 Å². The summed E-state index contributed by atoms with van der Waals surface area (Å²) < 4.78 is 2.08. The molecule has 16 heavy (non-hydrogen) atoms. The van der Waals surface area contributed by atoms with Gasteiger partial charge in [-0.1, -0.05) is 13.0 Å². The number of aryl methyl sites for hydroxylation is 1. The Labute approximate surface area is 95.5 Å². The van der Waals surface area contributed by atoms with E-state index in [0.29, 0.717) is 6.54 Å². The molecule has 0 bridgehead atoms. The summed E-state index contributed by atoms with van der Waals surface area (Å²) in [5.41, 5.74) is 7.68. The second-order valence-electron chi connectivity index (χ2n) is 4.62. The Hall–Kier alpha value is -1.32. The van der Waals surface area contributed by atoms with Gasteiger partial charge >= 0.3 is 0 Å². The van der Waals surface area contributed by atoms with Gasteiger partial charge in [-0.25, -0.2) is 0 Å². The lowest BCUT2D eigenvalue weighted by molar-refractivity contribution is 0.210. The number of nitrogens with two attached hydrogens (primary N) is 1. The lowest BCUT2D eigenvalue weighted by atomic mass is 9.83. The molecule has 0 saturated carbocycles. The molecular weight excluding hydrogens is 200 g/mol. The van der Waals surface area contributed by atoms with Crippen molar-refractivity contribution in [1.29, 1.82) is 0 Å². The highest BCUT2D eigenvalue weighted by Crippen LogP contribution is 2.26. The summed E-state index contributed by atoms with van der Waals surface area (Å²) in [6, 6.07) is 8.31. The third-order valence-corrected chi connectivity index (χ3v) is 3.38. The van der Waals surface area contributed by atoms with Crippen molar-refractivity contribution in [1.82, 2.24) is 4.57 Å².